The van der Waals surface area contributed by atoms with Crippen LogP contribution in [0.15, 0.2) is 36.5 Å². The van der Waals surface area contributed by atoms with Crippen LogP contribution < -0.4 is 5.32 Å². The largest absolute Gasteiger partial charge is 0.465 e. The van der Waals surface area contributed by atoms with Crippen LogP contribution in [0.4, 0.5) is 17.2 Å². The number of aromatic nitrogens is 1. The maximum absolute atomic E-state index is 11.5. The molecule has 1 aromatic carbocycles. The Balaban J connectivity index is 2.32. The third-order valence-electron chi connectivity index (χ3n) is 3.50. The van der Waals surface area contributed by atoms with Crippen LogP contribution in [0.2, 0.25) is 0 Å². The number of nitrogens with one attached hydrogen (secondary N) is 1. The zero-order valence-electron chi connectivity index (χ0n) is 14.0. The molecule has 0 amide bonds. The summed E-state index contributed by atoms with van der Waals surface area (Å²) in [5.74, 6) is -0.608. The second-order valence-electron chi connectivity index (χ2n) is 6.29. The Hall–Kier alpha value is -2.96. The molecule has 7 nitrogen and oxygen atoms in total. The fourth-order valence-electron chi connectivity index (χ4n) is 2.11. The molecule has 2 rings (SSSR count). The summed E-state index contributed by atoms with van der Waals surface area (Å²) in [7, 11) is 1.21. The highest BCUT2D eigenvalue weighted by atomic mass is 16.6. The first-order chi connectivity index (χ1) is 11.2. The minimum Gasteiger partial charge on any atom is -0.465 e. The summed E-state index contributed by atoms with van der Waals surface area (Å²) < 4.78 is 4.55. The summed E-state index contributed by atoms with van der Waals surface area (Å²) >= 11 is 0. The van der Waals surface area contributed by atoms with Gasteiger partial charge in [0.15, 0.2) is 0 Å². The van der Waals surface area contributed by atoms with Crippen molar-refractivity contribution in [2.24, 2.45) is 0 Å². The van der Waals surface area contributed by atoms with Gasteiger partial charge in [-0.25, -0.2) is 9.78 Å². The average molecular weight is 329 g/mol. The maximum atomic E-state index is 11.5. The van der Waals surface area contributed by atoms with Gasteiger partial charge in [0.1, 0.15) is 0 Å². The molecule has 126 valence electrons. The van der Waals surface area contributed by atoms with E-state index in [4.69, 9.17) is 0 Å². The van der Waals surface area contributed by atoms with Crippen molar-refractivity contribution in [3.8, 4) is 0 Å². The Morgan fingerprint density at radius 3 is 2.38 bits per heavy atom. The summed E-state index contributed by atoms with van der Waals surface area (Å²) in [6, 6.07) is 8.72. The molecule has 0 aliphatic carbocycles. The van der Waals surface area contributed by atoms with Gasteiger partial charge >= 0.3 is 11.7 Å². The Morgan fingerprint density at radius 1 is 1.25 bits per heavy atom. The zero-order chi connectivity index (χ0) is 17.9. The summed E-state index contributed by atoms with van der Waals surface area (Å²) in [6.45, 7) is 6.31. The van der Waals surface area contributed by atoms with Crippen LogP contribution in [0, 0.1) is 10.1 Å². The highest BCUT2D eigenvalue weighted by Crippen LogP contribution is 2.28. The Kier molecular flexibility index (Phi) is 4.82. The first kappa shape index (κ1) is 17.4. The second kappa shape index (κ2) is 6.66. The number of hydrogen-bond donors (Lipinski definition) is 1. The van der Waals surface area contributed by atoms with E-state index in [0.717, 1.165) is 11.6 Å². The fourth-order valence-corrected chi connectivity index (χ4v) is 2.11. The highest BCUT2D eigenvalue weighted by Gasteiger charge is 2.20. The smallest absolute Gasteiger partial charge is 0.339 e. The molecule has 0 saturated heterocycles. The second-order valence-corrected chi connectivity index (χ2v) is 6.29. The van der Waals surface area contributed by atoms with Crippen molar-refractivity contribution < 1.29 is 14.5 Å². The molecule has 7 heteroatoms. The number of pyridine rings is 1. The quantitative estimate of drug-likeness (QED) is 0.520. The number of nitro groups is 1. The average Bonchev–Trinajstić information content (AvgIpc) is 2.54. The van der Waals surface area contributed by atoms with E-state index in [0.29, 0.717) is 5.69 Å². The van der Waals surface area contributed by atoms with E-state index in [1.54, 1.807) is 0 Å². The standard InChI is InChI=1S/C17H19N3O4/c1-17(2,3)12-5-7-13(8-6-12)19-15-14(20(22)23)9-11(10-18-15)16(21)24-4/h5-10H,1-4H3,(H,18,19). The van der Waals surface area contributed by atoms with E-state index >= 15 is 0 Å². The minimum atomic E-state index is -0.674. The van der Waals surface area contributed by atoms with Crippen LogP contribution in [0.1, 0.15) is 36.7 Å². The Labute approximate surface area is 139 Å². The van der Waals surface area contributed by atoms with E-state index in [9.17, 15) is 14.9 Å². The number of anilines is 2. The van der Waals surface area contributed by atoms with E-state index in [2.05, 4.69) is 35.8 Å². The normalized spacial score (nSPS) is 11.0. The highest BCUT2D eigenvalue weighted by molar-refractivity contribution is 5.90. The number of esters is 1. The van der Waals surface area contributed by atoms with E-state index in [1.165, 1.54) is 13.3 Å². The molecular formula is C17H19N3O4. The van der Waals surface area contributed by atoms with Crippen LogP contribution in [0.5, 0.6) is 0 Å². The number of ether oxygens (including phenoxy) is 1. The first-order valence-electron chi connectivity index (χ1n) is 7.32. The first-order valence-corrected chi connectivity index (χ1v) is 7.32. The van der Waals surface area contributed by atoms with Gasteiger partial charge in [-0.15, -0.1) is 0 Å². The topological polar surface area (TPSA) is 94.4 Å². The monoisotopic (exact) mass is 329 g/mol. The van der Waals surface area contributed by atoms with Crippen LogP contribution in [0.3, 0.4) is 0 Å². The van der Waals surface area contributed by atoms with Gasteiger partial charge in [-0.1, -0.05) is 32.9 Å². The lowest BCUT2D eigenvalue weighted by Gasteiger charge is -2.19. The van der Waals surface area contributed by atoms with Gasteiger partial charge in [0.2, 0.25) is 5.82 Å². The Morgan fingerprint density at radius 2 is 1.88 bits per heavy atom. The molecule has 2 aromatic rings. The van der Waals surface area contributed by atoms with Gasteiger partial charge in [-0.05, 0) is 23.1 Å². The molecule has 0 fully saturated rings. The molecule has 24 heavy (non-hydrogen) atoms. The van der Waals surface area contributed by atoms with Crippen LogP contribution >= 0.6 is 0 Å². The van der Waals surface area contributed by atoms with Crippen LogP contribution in [-0.4, -0.2) is 23.0 Å². The van der Waals surface area contributed by atoms with Gasteiger partial charge in [0, 0.05) is 18.0 Å². The molecule has 1 heterocycles. The molecule has 0 aliphatic heterocycles. The number of carbonyl (C=O) groups is 1. The number of hydrogen-bond acceptors (Lipinski definition) is 6. The summed E-state index contributed by atoms with van der Waals surface area (Å²) in [4.78, 5) is 26.1. The van der Waals surface area contributed by atoms with Crippen LogP contribution in [-0.2, 0) is 10.2 Å². The molecule has 0 unspecified atom stereocenters. The third-order valence-corrected chi connectivity index (χ3v) is 3.50. The van der Waals surface area contributed by atoms with Crippen molar-refractivity contribution in [2.45, 2.75) is 26.2 Å². The molecule has 0 radical (unpaired) electrons. The predicted molar refractivity (Wildman–Crippen MR) is 90.7 cm³/mol. The third kappa shape index (κ3) is 3.87. The zero-order valence-corrected chi connectivity index (χ0v) is 14.0. The number of nitrogens with zero attached hydrogens (tertiary/aromatic N) is 2. The van der Waals surface area contributed by atoms with Gasteiger partial charge in [-0.3, -0.25) is 10.1 Å². The van der Waals surface area contributed by atoms with Gasteiger partial charge < -0.3 is 10.1 Å². The van der Waals surface area contributed by atoms with Gasteiger partial charge in [-0.2, -0.15) is 0 Å². The van der Waals surface area contributed by atoms with Crippen molar-refractivity contribution in [3.05, 3.63) is 57.8 Å². The van der Waals surface area contributed by atoms with E-state index in [-0.39, 0.29) is 22.5 Å². The molecule has 0 bridgehead atoms. The molecule has 1 N–H and O–H groups in total. The Bertz CT molecular complexity index is 764. The molecule has 1 aromatic heterocycles. The lowest BCUT2D eigenvalue weighted by atomic mass is 9.87. The van der Waals surface area contributed by atoms with Crippen molar-refractivity contribution in [3.63, 3.8) is 0 Å². The lowest BCUT2D eigenvalue weighted by molar-refractivity contribution is -0.384. The molecule has 0 saturated carbocycles. The summed E-state index contributed by atoms with van der Waals surface area (Å²) in [6.07, 6.45) is 1.24. The van der Waals surface area contributed by atoms with Gasteiger partial charge in [0.05, 0.1) is 17.6 Å². The van der Waals surface area contributed by atoms with Crippen molar-refractivity contribution in [1.29, 1.82) is 0 Å². The van der Waals surface area contributed by atoms with Crippen LogP contribution in [0.25, 0.3) is 0 Å². The van der Waals surface area contributed by atoms with Gasteiger partial charge in [0.25, 0.3) is 0 Å². The van der Waals surface area contributed by atoms with E-state index in [1.807, 2.05) is 24.3 Å². The fraction of sp³-hybridized carbons (Fsp3) is 0.294. The molecule has 0 aliphatic rings. The lowest BCUT2D eigenvalue weighted by Crippen LogP contribution is -2.10. The van der Waals surface area contributed by atoms with Crippen molar-refractivity contribution in [1.82, 2.24) is 4.98 Å². The minimum absolute atomic E-state index is 0.0188. The SMILES string of the molecule is COC(=O)c1cnc(Nc2ccc(C(C)(C)C)cc2)c([N+](=O)[O-])c1. The molecule has 0 atom stereocenters. The summed E-state index contributed by atoms with van der Waals surface area (Å²) in [5, 5.41) is 14.1. The number of carbonyl (C=O) groups excluding carboxylic acids is 1. The van der Waals surface area contributed by atoms with Crippen molar-refractivity contribution in [2.75, 3.05) is 12.4 Å². The number of benzene rings is 1. The molecular weight excluding hydrogens is 310 g/mol. The predicted octanol–water partition coefficient (Wildman–Crippen LogP) is 3.82. The summed E-state index contributed by atoms with van der Waals surface area (Å²) in [5.41, 5.74) is 1.57. The number of rotatable bonds is 4. The van der Waals surface area contributed by atoms with Crippen molar-refractivity contribution >= 4 is 23.2 Å². The maximum Gasteiger partial charge on any atom is 0.339 e. The van der Waals surface area contributed by atoms with E-state index < -0.39 is 10.9 Å². The number of methoxy groups -OCH3 is 1. The molecule has 0 spiro atoms.